The second-order valence-electron chi connectivity index (χ2n) is 4.10. The summed E-state index contributed by atoms with van der Waals surface area (Å²) in [4.78, 5) is 19.4. The van der Waals surface area contributed by atoms with Gasteiger partial charge in [0.2, 0.25) is 0 Å². The molecular formula is C11H12ClN5O. The molecule has 0 radical (unpaired) electrons. The van der Waals surface area contributed by atoms with E-state index in [1.165, 1.54) is 17.1 Å². The fraction of sp³-hybridized carbons (Fsp3) is 0.273. The average Bonchev–Trinajstić information content (AvgIpc) is 2.77. The molecule has 1 amide bonds. The van der Waals surface area contributed by atoms with Crippen LogP contribution in [-0.2, 0) is 0 Å². The second-order valence-corrected chi connectivity index (χ2v) is 4.49. The Morgan fingerprint density at radius 3 is 2.72 bits per heavy atom. The predicted molar refractivity (Wildman–Crippen MR) is 66.8 cm³/mol. The van der Waals surface area contributed by atoms with Crippen molar-refractivity contribution in [2.75, 3.05) is 0 Å². The molecule has 0 unspecified atom stereocenters. The summed E-state index contributed by atoms with van der Waals surface area (Å²) < 4.78 is 1.44. The lowest BCUT2D eigenvalue weighted by Gasteiger charge is -2.07. The molecule has 18 heavy (non-hydrogen) atoms. The van der Waals surface area contributed by atoms with E-state index in [0.29, 0.717) is 22.4 Å². The molecule has 2 heterocycles. The van der Waals surface area contributed by atoms with Crippen LogP contribution < -0.4 is 5.73 Å². The van der Waals surface area contributed by atoms with Gasteiger partial charge in [-0.15, -0.1) is 0 Å². The SMILES string of the molecule is CC(C)c1nc(Cl)cc(-n2cc(C(N)=O)cn2)n1. The molecule has 0 aliphatic rings. The molecule has 0 saturated heterocycles. The van der Waals surface area contributed by atoms with E-state index in [1.807, 2.05) is 13.8 Å². The Kier molecular flexibility index (Phi) is 3.29. The van der Waals surface area contributed by atoms with Crippen molar-refractivity contribution in [3.63, 3.8) is 0 Å². The summed E-state index contributed by atoms with van der Waals surface area (Å²) in [7, 11) is 0. The number of halogens is 1. The molecule has 0 fully saturated rings. The van der Waals surface area contributed by atoms with E-state index in [0.717, 1.165) is 0 Å². The van der Waals surface area contributed by atoms with Gasteiger partial charge in [-0.25, -0.2) is 14.6 Å². The van der Waals surface area contributed by atoms with Gasteiger partial charge in [0, 0.05) is 18.2 Å². The molecule has 0 bridgehead atoms. The maximum Gasteiger partial charge on any atom is 0.251 e. The lowest BCUT2D eigenvalue weighted by molar-refractivity contribution is 0.100. The molecule has 94 valence electrons. The van der Waals surface area contributed by atoms with Gasteiger partial charge in [-0.2, -0.15) is 5.10 Å². The molecule has 2 aromatic heterocycles. The van der Waals surface area contributed by atoms with Gasteiger partial charge in [0.05, 0.1) is 11.8 Å². The highest BCUT2D eigenvalue weighted by Gasteiger charge is 2.10. The van der Waals surface area contributed by atoms with Crippen LogP contribution in [0.25, 0.3) is 5.82 Å². The normalized spacial score (nSPS) is 10.9. The molecule has 0 atom stereocenters. The van der Waals surface area contributed by atoms with Crippen LogP contribution in [0.1, 0.15) is 35.9 Å². The monoisotopic (exact) mass is 265 g/mol. The Balaban J connectivity index is 2.46. The van der Waals surface area contributed by atoms with E-state index in [2.05, 4.69) is 15.1 Å². The summed E-state index contributed by atoms with van der Waals surface area (Å²) in [6.07, 6.45) is 2.89. The van der Waals surface area contributed by atoms with Crippen molar-refractivity contribution in [1.29, 1.82) is 0 Å². The number of rotatable bonds is 3. The number of carbonyl (C=O) groups excluding carboxylic acids is 1. The Morgan fingerprint density at radius 1 is 1.44 bits per heavy atom. The van der Waals surface area contributed by atoms with Crippen molar-refractivity contribution in [2.24, 2.45) is 5.73 Å². The lowest BCUT2D eigenvalue weighted by Crippen LogP contribution is -2.09. The van der Waals surface area contributed by atoms with E-state index in [-0.39, 0.29) is 5.92 Å². The van der Waals surface area contributed by atoms with Crippen molar-refractivity contribution in [3.8, 4) is 5.82 Å². The summed E-state index contributed by atoms with van der Waals surface area (Å²) in [5.41, 5.74) is 5.48. The average molecular weight is 266 g/mol. The summed E-state index contributed by atoms with van der Waals surface area (Å²) in [5, 5.41) is 4.35. The first-order chi connectivity index (χ1) is 8.47. The number of nitrogens with two attached hydrogens (primary N) is 1. The lowest BCUT2D eigenvalue weighted by atomic mass is 10.2. The molecule has 0 aliphatic carbocycles. The summed E-state index contributed by atoms with van der Waals surface area (Å²) in [5.74, 6) is 0.735. The third kappa shape index (κ3) is 2.48. The van der Waals surface area contributed by atoms with Crippen molar-refractivity contribution in [2.45, 2.75) is 19.8 Å². The largest absolute Gasteiger partial charge is 0.366 e. The maximum atomic E-state index is 11.0. The molecular weight excluding hydrogens is 254 g/mol. The van der Waals surface area contributed by atoms with Gasteiger partial charge >= 0.3 is 0 Å². The minimum Gasteiger partial charge on any atom is -0.366 e. The fourth-order valence-electron chi connectivity index (χ4n) is 1.37. The van der Waals surface area contributed by atoms with E-state index in [1.54, 1.807) is 6.07 Å². The van der Waals surface area contributed by atoms with Crippen molar-refractivity contribution >= 4 is 17.5 Å². The topological polar surface area (TPSA) is 86.7 Å². The maximum absolute atomic E-state index is 11.0. The van der Waals surface area contributed by atoms with E-state index < -0.39 is 5.91 Å². The van der Waals surface area contributed by atoms with Crippen LogP contribution in [0.3, 0.4) is 0 Å². The Morgan fingerprint density at radius 2 is 2.17 bits per heavy atom. The number of aromatic nitrogens is 4. The molecule has 6 nitrogen and oxygen atoms in total. The van der Waals surface area contributed by atoms with Crippen LogP contribution in [-0.4, -0.2) is 25.7 Å². The van der Waals surface area contributed by atoms with E-state index in [9.17, 15) is 4.79 Å². The smallest absolute Gasteiger partial charge is 0.251 e. The number of primary amides is 1. The van der Waals surface area contributed by atoms with Crippen LogP contribution in [0, 0.1) is 0 Å². The molecule has 7 heteroatoms. The third-order valence-corrected chi connectivity index (χ3v) is 2.51. The van der Waals surface area contributed by atoms with Gasteiger partial charge in [-0.3, -0.25) is 4.79 Å². The molecule has 2 rings (SSSR count). The summed E-state index contributed by atoms with van der Waals surface area (Å²) >= 11 is 5.93. The van der Waals surface area contributed by atoms with Crippen molar-refractivity contribution in [1.82, 2.24) is 19.7 Å². The highest BCUT2D eigenvalue weighted by atomic mass is 35.5. The van der Waals surface area contributed by atoms with E-state index >= 15 is 0 Å². The van der Waals surface area contributed by atoms with Crippen molar-refractivity contribution < 1.29 is 4.79 Å². The van der Waals surface area contributed by atoms with Crippen LogP contribution in [0.2, 0.25) is 5.15 Å². The quantitative estimate of drug-likeness (QED) is 0.853. The first kappa shape index (κ1) is 12.5. The summed E-state index contributed by atoms with van der Waals surface area (Å²) in [6, 6.07) is 1.57. The first-order valence-corrected chi connectivity index (χ1v) is 5.74. The van der Waals surface area contributed by atoms with Crippen LogP contribution >= 0.6 is 11.6 Å². The first-order valence-electron chi connectivity index (χ1n) is 5.36. The molecule has 0 saturated carbocycles. The molecule has 0 aliphatic heterocycles. The molecule has 2 N–H and O–H groups in total. The minimum absolute atomic E-state index is 0.147. The molecule has 0 spiro atoms. The summed E-state index contributed by atoms with van der Waals surface area (Å²) in [6.45, 7) is 3.93. The second kappa shape index (κ2) is 4.73. The standard InChI is InChI=1S/C11H12ClN5O/c1-6(2)11-15-8(12)3-9(16-11)17-5-7(4-14-17)10(13)18/h3-6H,1-2H3,(H2,13,18). The van der Waals surface area contributed by atoms with Gasteiger partial charge in [-0.05, 0) is 0 Å². The van der Waals surface area contributed by atoms with Gasteiger partial charge < -0.3 is 5.73 Å². The highest BCUT2D eigenvalue weighted by Crippen LogP contribution is 2.16. The number of hydrogen-bond donors (Lipinski definition) is 1. The number of nitrogens with zero attached hydrogens (tertiary/aromatic N) is 4. The molecule has 2 aromatic rings. The minimum atomic E-state index is -0.537. The van der Waals surface area contributed by atoms with Crippen molar-refractivity contribution in [3.05, 3.63) is 35.0 Å². The van der Waals surface area contributed by atoms with E-state index in [4.69, 9.17) is 17.3 Å². The Labute approximate surface area is 109 Å². The predicted octanol–water partition coefficient (Wildman–Crippen LogP) is 1.54. The van der Waals surface area contributed by atoms with Crippen LogP contribution in [0.4, 0.5) is 0 Å². The van der Waals surface area contributed by atoms with Gasteiger partial charge in [0.15, 0.2) is 5.82 Å². The van der Waals surface area contributed by atoms with Gasteiger partial charge in [0.25, 0.3) is 5.91 Å². The zero-order valence-corrected chi connectivity index (χ0v) is 10.7. The molecule has 0 aromatic carbocycles. The van der Waals surface area contributed by atoms with Crippen LogP contribution in [0.5, 0.6) is 0 Å². The Hall–Kier alpha value is -1.95. The zero-order valence-electron chi connectivity index (χ0n) is 9.96. The van der Waals surface area contributed by atoms with Gasteiger partial charge in [0.1, 0.15) is 11.0 Å². The van der Waals surface area contributed by atoms with Crippen LogP contribution in [0.15, 0.2) is 18.5 Å². The third-order valence-electron chi connectivity index (χ3n) is 2.32. The van der Waals surface area contributed by atoms with Gasteiger partial charge in [-0.1, -0.05) is 25.4 Å². The number of carbonyl (C=O) groups is 1. The Bertz CT molecular complexity index is 593. The highest BCUT2D eigenvalue weighted by molar-refractivity contribution is 6.29. The zero-order chi connectivity index (χ0) is 13.3. The number of amides is 1. The number of hydrogen-bond acceptors (Lipinski definition) is 4. The fourth-order valence-corrected chi connectivity index (χ4v) is 1.56.